The van der Waals surface area contributed by atoms with Crippen LogP contribution >= 0.6 is 11.6 Å². The third-order valence-corrected chi connectivity index (χ3v) is 5.20. The van der Waals surface area contributed by atoms with E-state index in [9.17, 15) is 4.79 Å². The summed E-state index contributed by atoms with van der Waals surface area (Å²) in [6.07, 6.45) is 0.833. The normalized spacial score (nSPS) is 22.6. The highest BCUT2D eigenvalue weighted by atomic mass is 35.5. The van der Waals surface area contributed by atoms with Gasteiger partial charge in [-0.2, -0.15) is 0 Å². The molecule has 2 heterocycles. The molecule has 1 unspecified atom stereocenters. The highest BCUT2D eigenvalue weighted by Crippen LogP contribution is 2.43. The zero-order valence-corrected chi connectivity index (χ0v) is 13.8. The molecule has 2 aromatic carbocycles. The SMILES string of the molecule is Cc1ccc(C(=O)N2CCC3(C2)OCc2ccccc23)c(Cl)c1. The van der Waals surface area contributed by atoms with Crippen LogP contribution in [0.1, 0.15) is 33.5 Å². The third-order valence-electron chi connectivity index (χ3n) is 4.89. The molecule has 1 atom stereocenters. The van der Waals surface area contributed by atoms with E-state index in [0.29, 0.717) is 30.3 Å². The fourth-order valence-corrected chi connectivity index (χ4v) is 3.96. The number of amides is 1. The van der Waals surface area contributed by atoms with Gasteiger partial charge in [-0.15, -0.1) is 0 Å². The van der Waals surface area contributed by atoms with Gasteiger partial charge in [-0.05, 0) is 42.2 Å². The lowest BCUT2D eigenvalue weighted by atomic mass is 9.92. The smallest absolute Gasteiger partial charge is 0.255 e. The Morgan fingerprint density at radius 3 is 2.91 bits per heavy atom. The van der Waals surface area contributed by atoms with Gasteiger partial charge in [-0.25, -0.2) is 0 Å². The third kappa shape index (κ3) is 2.35. The van der Waals surface area contributed by atoms with Crippen molar-refractivity contribution < 1.29 is 9.53 Å². The van der Waals surface area contributed by atoms with Crippen LogP contribution < -0.4 is 0 Å². The number of rotatable bonds is 1. The Morgan fingerprint density at radius 2 is 2.09 bits per heavy atom. The molecule has 3 nitrogen and oxygen atoms in total. The van der Waals surface area contributed by atoms with E-state index in [1.54, 1.807) is 0 Å². The van der Waals surface area contributed by atoms with E-state index < -0.39 is 0 Å². The van der Waals surface area contributed by atoms with Crippen molar-refractivity contribution in [2.75, 3.05) is 13.1 Å². The molecule has 0 aliphatic carbocycles. The van der Waals surface area contributed by atoms with Gasteiger partial charge in [0.05, 0.1) is 23.7 Å². The highest BCUT2D eigenvalue weighted by molar-refractivity contribution is 6.33. The fraction of sp³-hybridized carbons (Fsp3) is 0.316. The second-order valence-corrected chi connectivity index (χ2v) is 6.81. The minimum absolute atomic E-state index is 0.0140. The molecule has 1 amide bonds. The van der Waals surface area contributed by atoms with Gasteiger partial charge in [0.2, 0.25) is 0 Å². The molecule has 1 fully saturated rings. The zero-order valence-electron chi connectivity index (χ0n) is 13.0. The first kappa shape index (κ1) is 14.7. The minimum Gasteiger partial charge on any atom is -0.364 e. The summed E-state index contributed by atoms with van der Waals surface area (Å²) in [6.45, 7) is 3.88. The Bertz CT molecular complexity index is 789. The average molecular weight is 328 g/mol. The predicted octanol–water partition coefficient (Wildman–Crippen LogP) is 3.92. The monoisotopic (exact) mass is 327 g/mol. The van der Waals surface area contributed by atoms with Crippen molar-refractivity contribution in [2.45, 2.75) is 25.6 Å². The maximum absolute atomic E-state index is 12.8. The van der Waals surface area contributed by atoms with Gasteiger partial charge in [-0.1, -0.05) is 41.9 Å². The van der Waals surface area contributed by atoms with Crippen molar-refractivity contribution in [3.8, 4) is 0 Å². The number of ether oxygens (including phenoxy) is 1. The van der Waals surface area contributed by atoms with Crippen LogP contribution in [-0.4, -0.2) is 23.9 Å². The van der Waals surface area contributed by atoms with Crippen LogP contribution in [0.15, 0.2) is 42.5 Å². The van der Waals surface area contributed by atoms with Crippen molar-refractivity contribution in [1.82, 2.24) is 4.90 Å². The molecule has 0 aromatic heterocycles. The van der Waals surface area contributed by atoms with Crippen LogP contribution in [0.3, 0.4) is 0 Å². The number of hydrogen-bond donors (Lipinski definition) is 0. The lowest BCUT2D eigenvalue weighted by Gasteiger charge is -2.25. The lowest BCUT2D eigenvalue weighted by Crippen LogP contribution is -2.34. The van der Waals surface area contributed by atoms with Crippen molar-refractivity contribution in [2.24, 2.45) is 0 Å². The Labute approximate surface area is 140 Å². The number of carbonyl (C=O) groups is 1. The van der Waals surface area contributed by atoms with E-state index in [-0.39, 0.29) is 11.5 Å². The molecule has 4 heteroatoms. The molecule has 0 radical (unpaired) electrons. The van der Waals surface area contributed by atoms with Gasteiger partial charge in [0.25, 0.3) is 5.91 Å². The van der Waals surface area contributed by atoms with E-state index in [2.05, 4.69) is 12.1 Å². The minimum atomic E-state index is -0.344. The maximum Gasteiger partial charge on any atom is 0.255 e. The van der Waals surface area contributed by atoms with Gasteiger partial charge < -0.3 is 9.64 Å². The van der Waals surface area contributed by atoms with Gasteiger partial charge in [0.1, 0.15) is 5.60 Å². The Kier molecular flexibility index (Phi) is 3.43. The summed E-state index contributed by atoms with van der Waals surface area (Å²) in [7, 11) is 0. The second-order valence-electron chi connectivity index (χ2n) is 6.40. The number of aryl methyl sites for hydroxylation is 1. The van der Waals surface area contributed by atoms with E-state index >= 15 is 0 Å². The van der Waals surface area contributed by atoms with E-state index in [1.807, 2.05) is 42.2 Å². The molecule has 1 spiro atoms. The number of nitrogens with zero attached hydrogens (tertiary/aromatic N) is 1. The Hall–Kier alpha value is -1.84. The molecule has 2 aliphatic rings. The molecular weight excluding hydrogens is 310 g/mol. The highest BCUT2D eigenvalue weighted by Gasteiger charge is 2.46. The number of benzene rings is 2. The van der Waals surface area contributed by atoms with Crippen LogP contribution in [-0.2, 0) is 16.9 Å². The molecule has 4 rings (SSSR count). The number of fused-ring (bicyclic) bond motifs is 2. The number of halogens is 1. The van der Waals surface area contributed by atoms with Crippen molar-refractivity contribution in [1.29, 1.82) is 0 Å². The van der Waals surface area contributed by atoms with Crippen LogP contribution in [0.5, 0.6) is 0 Å². The van der Waals surface area contributed by atoms with Gasteiger partial charge >= 0.3 is 0 Å². The predicted molar refractivity (Wildman–Crippen MR) is 89.6 cm³/mol. The first-order valence-electron chi connectivity index (χ1n) is 7.87. The standard InChI is InChI=1S/C19H18ClNO2/c1-13-6-7-15(17(20)10-13)18(22)21-9-8-19(12-21)16-5-3-2-4-14(16)11-23-19/h2-7,10H,8-9,11-12H2,1H3. The molecule has 23 heavy (non-hydrogen) atoms. The maximum atomic E-state index is 12.8. The molecule has 0 N–H and O–H groups in total. The summed E-state index contributed by atoms with van der Waals surface area (Å²) >= 11 is 6.26. The first-order valence-corrected chi connectivity index (χ1v) is 8.25. The van der Waals surface area contributed by atoms with Crippen LogP contribution in [0.4, 0.5) is 0 Å². The first-order chi connectivity index (χ1) is 11.1. The van der Waals surface area contributed by atoms with Crippen molar-refractivity contribution in [3.05, 3.63) is 69.7 Å². The molecular formula is C19H18ClNO2. The topological polar surface area (TPSA) is 29.5 Å². The molecule has 1 saturated heterocycles. The van der Waals surface area contributed by atoms with Gasteiger partial charge in [-0.3, -0.25) is 4.79 Å². The van der Waals surface area contributed by atoms with E-state index in [4.69, 9.17) is 16.3 Å². The number of carbonyl (C=O) groups excluding carboxylic acids is 1. The molecule has 0 saturated carbocycles. The fourth-order valence-electron chi connectivity index (χ4n) is 3.64. The molecule has 2 aromatic rings. The Morgan fingerprint density at radius 1 is 1.26 bits per heavy atom. The van der Waals surface area contributed by atoms with Gasteiger partial charge in [0.15, 0.2) is 0 Å². The summed E-state index contributed by atoms with van der Waals surface area (Å²) in [5, 5.41) is 0.517. The summed E-state index contributed by atoms with van der Waals surface area (Å²) in [5.74, 6) is -0.0140. The summed E-state index contributed by atoms with van der Waals surface area (Å²) in [5.41, 5.74) is 3.74. The average Bonchev–Trinajstić information content (AvgIpc) is 3.13. The van der Waals surface area contributed by atoms with E-state index in [0.717, 1.165) is 12.0 Å². The summed E-state index contributed by atoms with van der Waals surface area (Å²) < 4.78 is 6.11. The van der Waals surface area contributed by atoms with Crippen LogP contribution in [0.25, 0.3) is 0 Å². The van der Waals surface area contributed by atoms with Crippen LogP contribution in [0, 0.1) is 6.92 Å². The van der Waals surface area contributed by atoms with Crippen molar-refractivity contribution in [3.63, 3.8) is 0 Å². The molecule has 2 aliphatic heterocycles. The second kappa shape index (κ2) is 5.36. The quantitative estimate of drug-likeness (QED) is 0.794. The molecule has 0 bridgehead atoms. The van der Waals surface area contributed by atoms with Gasteiger partial charge in [0, 0.05) is 6.54 Å². The van der Waals surface area contributed by atoms with E-state index in [1.165, 1.54) is 11.1 Å². The summed E-state index contributed by atoms with van der Waals surface area (Å²) in [6, 6.07) is 13.9. The van der Waals surface area contributed by atoms with Crippen molar-refractivity contribution >= 4 is 17.5 Å². The molecule has 118 valence electrons. The number of hydrogen-bond acceptors (Lipinski definition) is 2. The summed E-state index contributed by atoms with van der Waals surface area (Å²) in [4.78, 5) is 14.7. The Balaban J connectivity index is 1.61. The lowest BCUT2D eigenvalue weighted by molar-refractivity contribution is -0.0282. The largest absolute Gasteiger partial charge is 0.364 e. The number of likely N-dealkylation sites (tertiary alicyclic amines) is 1. The zero-order chi connectivity index (χ0) is 16.0. The van der Waals surface area contributed by atoms with Crippen LogP contribution in [0.2, 0.25) is 5.02 Å².